The van der Waals surface area contributed by atoms with Crippen LogP contribution in [0.15, 0.2) is 84.9 Å². The lowest BCUT2D eigenvalue weighted by Crippen LogP contribution is -2.30. The van der Waals surface area contributed by atoms with Gasteiger partial charge in [0.1, 0.15) is 17.2 Å². The summed E-state index contributed by atoms with van der Waals surface area (Å²) < 4.78 is 1.93. The van der Waals surface area contributed by atoms with Crippen LogP contribution in [-0.2, 0) is 13.5 Å². The molecule has 1 atom stereocenters. The van der Waals surface area contributed by atoms with E-state index in [1.165, 1.54) is 5.56 Å². The number of hydrogen-bond acceptors (Lipinski definition) is 2. The molecule has 1 heterocycles. The minimum absolute atomic E-state index is 0.0426. The second-order valence-corrected chi connectivity index (χ2v) is 8.69. The van der Waals surface area contributed by atoms with Crippen LogP contribution < -0.4 is 5.32 Å². The Hall–Kier alpha value is -3.66. The molecule has 4 nitrogen and oxygen atoms in total. The van der Waals surface area contributed by atoms with Crippen molar-refractivity contribution in [2.75, 3.05) is 0 Å². The molecule has 0 radical (unpaired) electrons. The van der Waals surface area contributed by atoms with Crippen molar-refractivity contribution >= 4 is 5.91 Å². The first-order valence-electron chi connectivity index (χ1n) is 12.2. The minimum Gasteiger partial charge on any atom is -0.344 e. The van der Waals surface area contributed by atoms with Crippen molar-refractivity contribution < 1.29 is 4.79 Å². The molecule has 0 aliphatic rings. The first kappa shape index (κ1) is 23.5. The third kappa shape index (κ3) is 5.12. The van der Waals surface area contributed by atoms with Crippen molar-refractivity contribution in [1.82, 2.24) is 14.9 Å². The molecule has 0 aliphatic carbocycles. The van der Waals surface area contributed by atoms with Gasteiger partial charge in [0.05, 0.1) is 6.04 Å². The highest BCUT2D eigenvalue weighted by molar-refractivity contribution is 5.99. The SMILES string of the molecule is CCCCC(NC(=O)c1c(-c2ccc(CC)cc2)nc(-c2ccccc2)n1C)c1ccccc1. The quantitative estimate of drug-likeness (QED) is 0.298. The van der Waals surface area contributed by atoms with Gasteiger partial charge in [0.15, 0.2) is 0 Å². The molecule has 4 rings (SSSR count). The summed E-state index contributed by atoms with van der Waals surface area (Å²) in [6.45, 7) is 4.32. The number of nitrogens with zero attached hydrogens (tertiary/aromatic N) is 2. The van der Waals surface area contributed by atoms with E-state index in [0.717, 1.165) is 48.2 Å². The third-order valence-corrected chi connectivity index (χ3v) is 6.33. The average Bonchev–Trinajstić information content (AvgIpc) is 3.24. The lowest BCUT2D eigenvalue weighted by molar-refractivity contribution is 0.0926. The molecule has 0 aliphatic heterocycles. The highest BCUT2D eigenvalue weighted by Crippen LogP contribution is 2.30. The smallest absolute Gasteiger partial charge is 0.270 e. The molecule has 0 spiro atoms. The lowest BCUT2D eigenvalue weighted by Gasteiger charge is -2.20. The normalized spacial score (nSPS) is 11.9. The number of imidazole rings is 1. The molecular weight excluding hydrogens is 418 g/mol. The molecule has 0 fully saturated rings. The zero-order valence-electron chi connectivity index (χ0n) is 20.3. The molecule has 3 aromatic carbocycles. The van der Waals surface area contributed by atoms with Gasteiger partial charge in [-0.3, -0.25) is 4.79 Å². The maximum atomic E-state index is 13.8. The number of carbonyl (C=O) groups is 1. The first-order chi connectivity index (χ1) is 16.6. The van der Waals surface area contributed by atoms with Gasteiger partial charge in [-0.25, -0.2) is 4.98 Å². The predicted molar refractivity (Wildman–Crippen MR) is 140 cm³/mol. The number of aryl methyl sites for hydroxylation is 1. The fourth-order valence-electron chi connectivity index (χ4n) is 4.35. The minimum atomic E-state index is -0.100. The Morgan fingerprint density at radius 1 is 0.882 bits per heavy atom. The highest BCUT2D eigenvalue weighted by Gasteiger charge is 2.25. The van der Waals surface area contributed by atoms with Crippen LogP contribution in [0.5, 0.6) is 0 Å². The Morgan fingerprint density at radius 2 is 1.53 bits per heavy atom. The highest BCUT2D eigenvalue weighted by atomic mass is 16.2. The van der Waals surface area contributed by atoms with E-state index in [1.807, 2.05) is 60.1 Å². The molecule has 0 saturated carbocycles. The zero-order valence-corrected chi connectivity index (χ0v) is 20.3. The number of rotatable bonds is 9. The summed E-state index contributed by atoms with van der Waals surface area (Å²) >= 11 is 0. The van der Waals surface area contributed by atoms with Gasteiger partial charge in [0, 0.05) is 18.2 Å². The van der Waals surface area contributed by atoms with Crippen molar-refractivity contribution in [3.63, 3.8) is 0 Å². The van der Waals surface area contributed by atoms with E-state index >= 15 is 0 Å². The predicted octanol–water partition coefficient (Wildman–Crippen LogP) is 6.98. The van der Waals surface area contributed by atoms with Crippen LogP contribution in [0.4, 0.5) is 0 Å². The molecule has 1 amide bonds. The van der Waals surface area contributed by atoms with Crippen molar-refractivity contribution in [3.8, 4) is 22.6 Å². The van der Waals surface area contributed by atoms with Gasteiger partial charge < -0.3 is 9.88 Å². The summed E-state index contributed by atoms with van der Waals surface area (Å²) in [6, 6.07) is 28.6. The van der Waals surface area contributed by atoms with Gasteiger partial charge in [0.2, 0.25) is 0 Å². The fraction of sp³-hybridized carbons (Fsp3) is 0.267. The second kappa shape index (κ2) is 11.0. The summed E-state index contributed by atoms with van der Waals surface area (Å²) in [4.78, 5) is 18.8. The molecular formula is C30H33N3O. The van der Waals surface area contributed by atoms with E-state index in [9.17, 15) is 4.79 Å². The summed E-state index contributed by atoms with van der Waals surface area (Å²) in [5, 5.41) is 3.32. The van der Waals surface area contributed by atoms with E-state index in [-0.39, 0.29) is 11.9 Å². The van der Waals surface area contributed by atoms with Crippen LogP contribution in [0.3, 0.4) is 0 Å². The Bertz CT molecular complexity index is 1210. The molecule has 4 heteroatoms. The van der Waals surface area contributed by atoms with Crippen LogP contribution in [0.1, 0.15) is 60.8 Å². The van der Waals surface area contributed by atoms with E-state index in [4.69, 9.17) is 4.98 Å². The van der Waals surface area contributed by atoms with Crippen molar-refractivity contribution in [2.45, 2.75) is 45.6 Å². The van der Waals surface area contributed by atoms with E-state index in [2.05, 4.69) is 55.6 Å². The number of aromatic nitrogens is 2. The van der Waals surface area contributed by atoms with Gasteiger partial charge in [-0.2, -0.15) is 0 Å². The topological polar surface area (TPSA) is 46.9 Å². The number of unbranched alkanes of at least 4 members (excludes halogenated alkanes) is 1. The van der Waals surface area contributed by atoms with Gasteiger partial charge in [0.25, 0.3) is 5.91 Å². The van der Waals surface area contributed by atoms with Gasteiger partial charge in [-0.15, -0.1) is 0 Å². The third-order valence-electron chi connectivity index (χ3n) is 6.33. The van der Waals surface area contributed by atoms with Crippen LogP contribution in [0.2, 0.25) is 0 Å². The fourth-order valence-corrected chi connectivity index (χ4v) is 4.35. The number of benzene rings is 3. The molecule has 0 saturated heterocycles. The van der Waals surface area contributed by atoms with Gasteiger partial charge in [-0.1, -0.05) is 112 Å². The van der Waals surface area contributed by atoms with E-state index in [0.29, 0.717) is 11.4 Å². The van der Waals surface area contributed by atoms with Crippen molar-refractivity contribution in [2.24, 2.45) is 7.05 Å². The van der Waals surface area contributed by atoms with Gasteiger partial charge in [-0.05, 0) is 24.0 Å². The van der Waals surface area contributed by atoms with Crippen LogP contribution in [0, 0.1) is 0 Å². The number of carbonyl (C=O) groups excluding carboxylic acids is 1. The number of hydrogen-bond donors (Lipinski definition) is 1. The largest absolute Gasteiger partial charge is 0.344 e. The lowest BCUT2D eigenvalue weighted by atomic mass is 10.0. The molecule has 1 aromatic heterocycles. The second-order valence-electron chi connectivity index (χ2n) is 8.69. The molecule has 4 aromatic rings. The monoisotopic (exact) mass is 451 g/mol. The van der Waals surface area contributed by atoms with E-state index in [1.54, 1.807) is 0 Å². The maximum Gasteiger partial charge on any atom is 0.270 e. The van der Waals surface area contributed by atoms with Crippen LogP contribution >= 0.6 is 0 Å². The summed E-state index contributed by atoms with van der Waals surface area (Å²) in [7, 11) is 1.93. The standard InChI is InChI=1S/C30H33N3O/c1-4-6-17-26(23-13-9-7-10-14-23)31-30(34)28-27(24-20-18-22(5-2)19-21-24)32-29(33(28)3)25-15-11-8-12-16-25/h7-16,18-21,26H,4-6,17H2,1-3H3,(H,31,34). The molecule has 34 heavy (non-hydrogen) atoms. The van der Waals surface area contributed by atoms with Crippen molar-refractivity contribution in [3.05, 3.63) is 102 Å². The Kier molecular flexibility index (Phi) is 7.58. The Balaban J connectivity index is 1.76. The molecule has 1 N–H and O–H groups in total. The molecule has 1 unspecified atom stereocenters. The summed E-state index contributed by atoms with van der Waals surface area (Å²) in [5.74, 6) is 0.682. The van der Waals surface area contributed by atoms with Crippen LogP contribution in [0.25, 0.3) is 22.6 Å². The number of nitrogens with one attached hydrogen (secondary N) is 1. The van der Waals surface area contributed by atoms with Crippen molar-refractivity contribution in [1.29, 1.82) is 0 Å². The van der Waals surface area contributed by atoms with Gasteiger partial charge >= 0.3 is 0 Å². The summed E-state index contributed by atoms with van der Waals surface area (Å²) in [6.07, 6.45) is 4.00. The summed E-state index contributed by atoms with van der Waals surface area (Å²) in [5.41, 5.74) is 5.62. The first-order valence-corrected chi connectivity index (χ1v) is 12.2. The average molecular weight is 452 g/mol. The Labute approximate surface area is 202 Å². The molecule has 174 valence electrons. The van der Waals surface area contributed by atoms with Crippen LogP contribution in [-0.4, -0.2) is 15.5 Å². The Morgan fingerprint density at radius 3 is 2.15 bits per heavy atom. The number of amides is 1. The maximum absolute atomic E-state index is 13.8. The zero-order chi connectivity index (χ0) is 23.9. The molecule has 0 bridgehead atoms. The van der Waals surface area contributed by atoms with E-state index < -0.39 is 0 Å².